The molecule has 1 N–H and O–H groups in total. The minimum Gasteiger partial charge on any atom is -0.493 e. The zero-order valence-electron chi connectivity index (χ0n) is 10.9. The van der Waals surface area contributed by atoms with E-state index >= 15 is 0 Å². The van der Waals surface area contributed by atoms with Gasteiger partial charge in [0.15, 0.2) is 23.5 Å². The normalized spacial score (nSPS) is 10.0. The van der Waals surface area contributed by atoms with Crippen LogP contribution in [0.15, 0.2) is 30.3 Å². The molecule has 0 unspecified atom stereocenters. The van der Waals surface area contributed by atoms with Crippen molar-refractivity contribution in [2.75, 3.05) is 12.4 Å². The highest BCUT2D eigenvalue weighted by atomic mass is 19.3. The lowest BCUT2D eigenvalue weighted by atomic mass is 10.1. The van der Waals surface area contributed by atoms with Crippen molar-refractivity contribution >= 4 is 5.82 Å². The largest absolute Gasteiger partial charge is 0.493 e. The van der Waals surface area contributed by atoms with Gasteiger partial charge in [-0.05, 0) is 30.3 Å². The Kier molecular flexibility index (Phi) is 4.46. The molecule has 0 aliphatic heterocycles. The third-order valence-corrected chi connectivity index (χ3v) is 2.52. The van der Waals surface area contributed by atoms with Crippen molar-refractivity contribution in [3.8, 4) is 28.9 Å². The van der Waals surface area contributed by atoms with Crippen LogP contribution in [0.4, 0.5) is 14.6 Å². The van der Waals surface area contributed by atoms with Gasteiger partial charge in [0.05, 0.1) is 12.8 Å². The molecule has 0 aliphatic carbocycles. The van der Waals surface area contributed by atoms with E-state index in [1.54, 1.807) is 24.4 Å². The summed E-state index contributed by atoms with van der Waals surface area (Å²) in [5, 5.41) is 18.5. The van der Waals surface area contributed by atoms with Gasteiger partial charge in [-0.3, -0.25) is 5.32 Å². The van der Waals surface area contributed by atoms with Gasteiger partial charge in [0.2, 0.25) is 0 Å². The van der Waals surface area contributed by atoms with Crippen LogP contribution in [0, 0.1) is 11.5 Å². The van der Waals surface area contributed by atoms with Crippen molar-refractivity contribution in [2.24, 2.45) is 0 Å². The number of methoxy groups -OCH3 is 1. The number of hydrogen-bond acceptors (Lipinski definition) is 6. The molecule has 0 atom stereocenters. The molecule has 1 heterocycles. The third kappa shape index (κ3) is 3.54. The van der Waals surface area contributed by atoms with Crippen molar-refractivity contribution in [3.05, 3.63) is 30.3 Å². The fraction of sp³-hybridized carbons (Fsp3) is 0.154. The smallest absolute Gasteiger partial charge is 0.387 e. The van der Waals surface area contributed by atoms with E-state index in [1.807, 2.05) is 0 Å². The van der Waals surface area contributed by atoms with Crippen LogP contribution in [0.25, 0.3) is 11.3 Å². The zero-order chi connectivity index (χ0) is 15.2. The van der Waals surface area contributed by atoms with Gasteiger partial charge in [0, 0.05) is 5.56 Å². The number of benzene rings is 1. The molecule has 0 bridgehead atoms. The van der Waals surface area contributed by atoms with Crippen LogP contribution >= 0.6 is 0 Å². The van der Waals surface area contributed by atoms with E-state index in [0.29, 0.717) is 17.1 Å². The summed E-state index contributed by atoms with van der Waals surface area (Å²) in [6, 6.07) is 7.64. The molecule has 0 spiro atoms. The second-order valence-corrected chi connectivity index (χ2v) is 3.78. The summed E-state index contributed by atoms with van der Waals surface area (Å²) in [6.07, 6.45) is 1.73. The van der Waals surface area contributed by atoms with Crippen molar-refractivity contribution in [3.63, 3.8) is 0 Å². The summed E-state index contributed by atoms with van der Waals surface area (Å²) in [5.41, 5.74) is 1.12. The number of halogens is 2. The third-order valence-electron chi connectivity index (χ3n) is 2.52. The Morgan fingerprint density at radius 1 is 1.19 bits per heavy atom. The van der Waals surface area contributed by atoms with E-state index in [2.05, 4.69) is 20.3 Å². The second kappa shape index (κ2) is 6.47. The van der Waals surface area contributed by atoms with Crippen LogP contribution in [0.2, 0.25) is 0 Å². The first-order valence-electron chi connectivity index (χ1n) is 5.76. The highest BCUT2D eigenvalue weighted by Gasteiger charge is 2.12. The highest BCUT2D eigenvalue weighted by Crippen LogP contribution is 2.32. The van der Waals surface area contributed by atoms with Gasteiger partial charge in [0.1, 0.15) is 0 Å². The average Bonchev–Trinajstić information content (AvgIpc) is 2.48. The molecule has 0 aliphatic rings. The fourth-order valence-corrected chi connectivity index (χ4v) is 1.63. The van der Waals surface area contributed by atoms with Crippen molar-refractivity contribution in [1.82, 2.24) is 10.2 Å². The Morgan fingerprint density at radius 2 is 2.00 bits per heavy atom. The molecule has 2 aromatic rings. The Labute approximate surface area is 118 Å². The first-order chi connectivity index (χ1) is 10.1. The zero-order valence-corrected chi connectivity index (χ0v) is 10.9. The van der Waals surface area contributed by atoms with Gasteiger partial charge < -0.3 is 9.47 Å². The highest BCUT2D eigenvalue weighted by molar-refractivity contribution is 5.64. The summed E-state index contributed by atoms with van der Waals surface area (Å²) in [7, 11) is 1.35. The van der Waals surface area contributed by atoms with E-state index in [0.717, 1.165) is 0 Å². The quantitative estimate of drug-likeness (QED) is 0.674. The number of alkyl halides is 2. The first kappa shape index (κ1) is 14.5. The molecule has 1 aromatic heterocycles. The number of nitrogens with zero attached hydrogens (tertiary/aromatic N) is 3. The minimum atomic E-state index is -2.93. The molecule has 6 nitrogen and oxygen atoms in total. The van der Waals surface area contributed by atoms with Gasteiger partial charge in [-0.15, -0.1) is 10.2 Å². The predicted octanol–water partition coefficient (Wildman–Crippen LogP) is 2.65. The topological polar surface area (TPSA) is 80.1 Å². The Hall–Kier alpha value is -2.95. The van der Waals surface area contributed by atoms with Crippen LogP contribution in [-0.2, 0) is 0 Å². The summed E-state index contributed by atoms with van der Waals surface area (Å²) >= 11 is 0. The number of aromatic nitrogens is 2. The van der Waals surface area contributed by atoms with Crippen molar-refractivity contribution in [1.29, 1.82) is 5.26 Å². The molecule has 108 valence electrons. The summed E-state index contributed by atoms with van der Waals surface area (Å²) in [6.45, 7) is -2.93. The first-order valence-corrected chi connectivity index (χ1v) is 5.76. The molecule has 0 radical (unpaired) electrons. The minimum absolute atomic E-state index is 0.0630. The molecule has 2 rings (SSSR count). The average molecular weight is 292 g/mol. The lowest BCUT2D eigenvalue weighted by Crippen LogP contribution is -2.03. The molecule has 0 saturated heterocycles. The number of anilines is 1. The summed E-state index contributed by atoms with van der Waals surface area (Å²) < 4.78 is 33.8. The van der Waals surface area contributed by atoms with E-state index in [9.17, 15) is 8.78 Å². The number of nitrogens with one attached hydrogen (secondary N) is 1. The maximum Gasteiger partial charge on any atom is 0.387 e. The maximum absolute atomic E-state index is 12.2. The molecule has 0 amide bonds. The SMILES string of the molecule is COc1cc(-c2ccc(NC#N)nn2)ccc1OC(F)F. The van der Waals surface area contributed by atoms with E-state index < -0.39 is 6.61 Å². The number of ether oxygens (including phenoxy) is 2. The Bertz CT molecular complexity index is 656. The van der Waals surface area contributed by atoms with Gasteiger partial charge >= 0.3 is 6.61 Å². The van der Waals surface area contributed by atoms with Crippen molar-refractivity contribution in [2.45, 2.75) is 6.61 Å². The molecule has 21 heavy (non-hydrogen) atoms. The lowest BCUT2D eigenvalue weighted by molar-refractivity contribution is -0.0512. The molecule has 0 saturated carbocycles. The second-order valence-electron chi connectivity index (χ2n) is 3.78. The number of rotatable bonds is 5. The standard InChI is InChI=1S/C13H10F2N4O2/c1-20-11-6-8(2-4-10(11)21-13(14)15)9-3-5-12(17-7-16)19-18-9/h2-6,13H,1H3,(H,17,19). The summed E-state index contributed by atoms with van der Waals surface area (Å²) in [4.78, 5) is 0. The molecular weight excluding hydrogens is 282 g/mol. The molecule has 1 aromatic carbocycles. The molecule has 8 heteroatoms. The Morgan fingerprint density at radius 3 is 2.57 bits per heavy atom. The number of nitriles is 1. The van der Waals surface area contributed by atoms with E-state index in [4.69, 9.17) is 10.00 Å². The van der Waals surface area contributed by atoms with Gasteiger partial charge in [-0.25, -0.2) is 0 Å². The van der Waals surface area contributed by atoms with Gasteiger partial charge in [-0.2, -0.15) is 14.0 Å². The monoisotopic (exact) mass is 292 g/mol. The van der Waals surface area contributed by atoms with Crippen LogP contribution in [-0.4, -0.2) is 23.9 Å². The fourth-order valence-electron chi connectivity index (χ4n) is 1.63. The van der Waals surface area contributed by atoms with Gasteiger partial charge in [-0.1, -0.05) is 0 Å². The maximum atomic E-state index is 12.2. The van der Waals surface area contributed by atoms with E-state index in [1.165, 1.54) is 19.2 Å². The molecular formula is C13H10F2N4O2. The molecule has 0 fully saturated rings. The van der Waals surface area contributed by atoms with Crippen LogP contribution in [0.5, 0.6) is 11.5 Å². The van der Waals surface area contributed by atoms with Crippen LogP contribution < -0.4 is 14.8 Å². The van der Waals surface area contributed by atoms with Gasteiger partial charge in [0.25, 0.3) is 0 Å². The van der Waals surface area contributed by atoms with Crippen molar-refractivity contribution < 1.29 is 18.3 Å². The summed E-state index contributed by atoms with van der Waals surface area (Å²) in [5.74, 6) is 0.409. The lowest BCUT2D eigenvalue weighted by Gasteiger charge is -2.11. The Balaban J connectivity index is 2.30. The van der Waals surface area contributed by atoms with Crippen LogP contribution in [0.1, 0.15) is 0 Å². The number of hydrogen-bond donors (Lipinski definition) is 1. The predicted molar refractivity (Wildman–Crippen MR) is 69.9 cm³/mol. The van der Waals surface area contributed by atoms with Crippen LogP contribution in [0.3, 0.4) is 0 Å². The van der Waals surface area contributed by atoms with E-state index in [-0.39, 0.29) is 11.5 Å².